The van der Waals surface area contributed by atoms with Gasteiger partial charge in [-0.3, -0.25) is 0 Å². The molecule has 1 atom stereocenters. The molecule has 88 valence electrons. The van der Waals surface area contributed by atoms with Gasteiger partial charge in [0.05, 0.1) is 5.25 Å². The Morgan fingerprint density at radius 3 is 2.33 bits per heavy atom. The normalized spacial score (nSPS) is 15.5. The van der Waals surface area contributed by atoms with Crippen molar-refractivity contribution in [3.63, 3.8) is 0 Å². The lowest BCUT2D eigenvalue weighted by molar-refractivity contribution is 0.562. The van der Waals surface area contributed by atoms with Gasteiger partial charge in [0.25, 0.3) is 0 Å². The number of hydrogen-bond donors (Lipinski definition) is 0. The van der Waals surface area contributed by atoms with Crippen LogP contribution in [0.25, 0.3) is 0 Å². The van der Waals surface area contributed by atoms with Gasteiger partial charge in [-0.2, -0.15) is 0 Å². The van der Waals surface area contributed by atoms with Crippen LogP contribution in [0.2, 0.25) is 0 Å². The summed E-state index contributed by atoms with van der Waals surface area (Å²) in [7, 11) is -1.27. The van der Waals surface area contributed by atoms with E-state index in [-0.39, 0.29) is 16.9 Å². The van der Waals surface area contributed by atoms with Gasteiger partial charge in [0.2, 0.25) is 0 Å². The van der Waals surface area contributed by atoms with E-state index < -0.39 is 9.84 Å². The number of aliphatic imine (C=N–C) groups is 1. The zero-order valence-corrected chi connectivity index (χ0v) is 10.8. The molecule has 0 fully saturated rings. The van der Waals surface area contributed by atoms with Crippen LogP contribution in [0.3, 0.4) is 0 Å². The number of allylic oxidation sites excluding steroid dienone is 1. The first kappa shape index (κ1) is 14.4. The second kappa shape index (κ2) is 6.77. The van der Waals surface area contributed by atoms with Crippen molar-refractivity contribution in [2.75, 3.05) is 12.8 Å². The molecule has 0 heterocycles. The molecule has 0 saturated heterocycles. The Balaban J connectivity index is 4.63. The van der Waals surface area contributed by atoms with Crippen LogP contribution in [0.5, 0.6) is 0 Å². The maximum atomic E-state index is 11.7. The summed E-state index contributed by atoms with van der Waals surface area (Å²) in [5.74, 6) is 0.312. The number of rotatable bonds is 6. The van der Waals surface area contributed by atoms with Gasteiger partial charge in [-0.15, -0.1) is 0 Å². The van der Waals surface area contributed by atoms with Crippen molar-refractivity contribution in [2.24, 2.45) is 10.9 Å². The second-order valence-corrected chi connectivity index (χ2v) is 6.21. The molecule has 0 aliphatic carbocycles. The Morgan fingerprint density at radius 2 is 1.93 bits per heavy atom. The molecule has 4 heteroatoms. The third-order valence-electron chi connectivity index (χ3n) is 2.22. The van der Waals surface area contributed by atoms with E-state index in [0.717, 1.165) is 0 Å². The molecule has 1 unspecified atom stereocenters. The first-order chi connectivity index (χ1) is 6.95. The lowest BCUT2D eigenvalue weighted by Crippen LogP contribution is -2.26. The molecule has 0 amide bonds. The van der Waals surface area contributed by atoms with E-state index in [1.54, 1.807) is 26.3 Å². The molecule has 0 saturated carbocycles. The van der Waals surface area contributed by atoms with E-state index in [0.29, 0.717) is 6.42 Å². The smallest absolute Gasteiger partial charge is 0.156 e. The van der Waals surface area contributed by atoms with Gasteiger partial charge in [-0.1, -0.05) is 32.9 Å². The van der Waals surface area contributed by atoms with E-state index in [9.17, 15) is 8.42 Å². The van der Waals surface area contributed by atoms with Crippen molar-refractivity contribution in [2.45, 2.75) is 32.4 Å². The highest BCUT2D eigenvalue weighted by molar-refractivity contribution is 7.92. The molecule has 0 rings (SSSR count). The summed E-state index contributed by atoms with van der Waals surface area (Å²) in [5, 5.41) is -0.368. The highest BCUT2D eigenvalue weighted by atomic mass is 32.2. The van der Waals surface area contributed by atoms with Crippen LogP contribution in [-0.4, -0.2) is 32.7 Å². The van der Waals surface area contributed by atoms with E-state index in [2.05, 4.69) is 4.99 Å². The Hall–Kier alpha value is -0.640. The standard InChI is InChI=1S/C11H21NO2S/c1-5-15(13,14)11(10(2)3)8-6-7-9-12-4/h6,8-11H,5,7H2,1-4H3. The summed E-state index contributed by atoms with van der Waals surface area (Å²) in [6.45, 7) is 5.54. The zero-order chi connectivity index (χ0) is 11.9. The SMILES string of the molecule is CCS(=O)(=O)C(C=CCC=NC)C(C)C. The predicted molar refractivity (Wildman–Crippen MR) is 66.3 cm³/mol. The molecule has 0 aliphatic rings. The highest BCUT2D eigenvalue weighted by Crippen LogP contribution is 2.14. The molecule has 0 aromatic rings. The minimum Gasteiger partial charge on any atom is -0.301 e. The third-order valence-corrected chi connectivity index (χ3v) is 4.56. The fraction of sp³-hybridized carbons (Fsp3) is 0.727. The molecule has 0 spiro atoms. The first-order valence-corrected chi connectivity index (χ1v) is 6.96. The van der Waals surface area contributed by atoms with Crippen molar-refractivity contribution in [1.29, 1.82) is 0 Å². The Labute approximate surface area is 93.2 Å². The lowest BCUT2D eigenvalue weighted by Gasteiger charge is -2.16. The summed E-state index contributed by atoms with van der Waals surface area (Å²) in [6.07, 6.45) is 6.10. The van der Waals surface area contributed by atoms with Gasteiger partial charge in [0.1, 0.15) is 0 Å². The topological polar surface area (TPSA) is 46.5 Å². The van der Waals surface area contributed by atoms with E-state index in [1.165, 1.54) is 0 Å². The molecule has 3 nitrogen and oxygen atoms in total. The van der Waals surface area contributed by atoms with Crippen LogP contribution in [0.4, 0.5) is 0 Å². The number of nitrogens with zero attached hydrogens (tertiary/aromatic N) is 1. The minimum atomic E-state index is -2.98. The van der Waals surface area contributed by atoms with Crippen LogP contribution in [-0.2, 0) is 9.84 Å². The van der Waals surface area contributed by atoms with Gasteiger partial charge in [-0.25, -0.2) is 8.42 Å². The molecule has 0 N–H and O–H groups in total. The van der Waals surface area contributed by atoms with Crippen molar-refractivity contribution in [1.82, 2.24) is 0 Å². The fourth-order valence-electron chi connectivity index (χ4n) is 1.33. The Kier molecular flexibility index (Phi) is 6.48. The Morgan fingerprint density at radius 1 is 1.33 bits per heavy atom. The molecule has 0 aromatic heterocycles. The summed E-state index contributed by atoms with van der Waals surface area (Å²) < 4.78 is 23.4. The van der Waals surface area contributed by atoms with Crippen LogP contribution >= 0.6 is 0 Å². The van der Waals surface area contributed by atoms with Crippen molar-refractivity contribution in [3.8, 4) is 0 Å². The van der Waals surface area contributed by atoms with Crippen molar-refractivity contribution in [3.05, 3.63) is 12.2 Å². The Bertz CT molecular complexity index is 315. The van der Waals surface area contributed by atoms with Crippen LogP contribution in [0.15, 0.2) is 17.1 Å². The van der Waals surface area contributed by atoms with Crippen molar-refractivity contribution >= 4 is 16.1 Å². The number of hydrogen-bond acceptors (Lipinski definition) is 3. The van der Waals surface area contributed by atoms with Crippen LogP contribution < -0.4 is 0 Å². The minimum absolute atomic E-state index is 0.116. The molecule has 0 radical (unpaired) electrons. The maximum Gasteiger partial charge on any atom is 0.156 e. The van der Waals surface area contributed by atoms with E-state index >= 15 is 0 Å². The van der Waals surface area contributed by atoms with Crippen LogP contribution in [0, 0.1) is 5.92 Å². The van der Waals surface area contributed by atoms with Crippen LogP contribution in [0.1, 0.15) is 27.2 Å². The molecular weight excluding hydrogens is 210 g/mol. The summed E-state index contributed by atoms with van der Waals surface area (Å²) in [6, 6.07) is 0. The van der Waals surface area contributed by atoms with E-state index in [1.807, 2.05) is 19.9 Å². The molecule has 0 aliphatic heterocycles. The van der Waals surface area contributed by atoms with Gasteiger partial charge < -0.3 is 4.99 Å². The van der Waals surface area contributed by atoms with Gasteiger partial charge in [-0.05, 0) is 5.92 Å². The zero-order valence-electron chi connectivity index (χ0n) is 9.97. The second-order valence-electron chi connectivity index (χ2n) is 3.76. The first-order valence-electron chi connectivity index (χ1n) is 5.24. The molecule has 15 heavy (non-hydrogen) atoms. The third kappa shape index (κ3) is 5.11. The summed E-state index contributed by atoms with van der Waals surface area (Å²) >= 11 is 0. The summed E-state index contributed by atoms with van der Waals surface area (Å²) in [4.78, 5) is 3.83. The van der Waals surface area contributed by atoms with Gasteiger partial charge in [0.15, 0.2) is 9.84 Å². The fourth-order valence-corrected chi connectivity index (χ4v) is 2.89. The predicted octanol–water partition coefficient (Wildman–Crippen LogP) is 2.09. The van der Waals surface area contributed by atoms with Gasteiger partial charge in [0, 0.05) is 25.4 Å². The largest absolute Gasteiger partial charge is 0.301 e. The lowest BCUT2D eigenvalue weighted by atomic mass is 10.1. The average molecular weight is 231 g/mol. The quantitative estimate of drug-likeness (QED) is 0.519. The molecule has 0 aromatic carbocycles. The summed E-state index contributed by atoms with van der Waals surface area (Å²) in [5.41, 5.74) is 0. The number of sulfone groups is 1. The monoisotopic (exact) mass is 231 g/mol. The maximum absolute atomic E-state index is 11.7. The highest BCUT2D eigenvalue weighted by Gasteiger charge is 2.23. The van der Waals surface area contributed by atoms with Crippen molar-refractivity contribution < 1.29 is 8.42 Å². The average Bonchev–Trinajstić information content (AvgIpc) is 2.16. The molecule has 0 bridgehead atoms. The van der Waals surface area contributed by atoms with Gasteiger partial charge >= 0.3 is 0 Å². The van der Waals surface area contributed by atoms with E-state index in [4.69, 9.17) is 0 Å². The molecular formula is C11H21NO2S.